The number of thiophene rings is 1. The Kier molecular flexibility index (Phi) is 5.54. The van der Waals surface area contributed by atoms with Crippen LogP contribution < -0.4 is 9.80 Å². The van der Waals surface area contributed by atoms with Crippen LogP contribution in [0, 0.1) is 0 Å². The number of nitrogens with zero attached hydrogens (tertiary/aromatic N) is 5. The second-order valence-corrected chi connectivity index (χ2v) is 7.83. The van der Waals surface area contributed by atoms with Crippen LogP contribution in [-0.2, 0) is 0 Å². The van der Waals surface area contributed by atoms with Crippen molar-refractivity contribution < 1.29 is 9.90 Å². The van der Waals surface area contributed by atoms with Crippen LogP contribution in [0.4, 0.5) is 11.6 Å². The van der Waals surface area contributed by atoms with Gasteiger partial charge in [-0.05, 0) is 30.7 Å². The molecule has 4 heterocycles. The molecule has 144 valence electrons. The highest BCUT2D eigenvalue weighted by Crippen LogP contribution is 2.26. The van der Waals surface area contributed by atoms with Gasteiger partial charge in [-0.25, -0.2) is 9.97 Å². The Morgan fingerprint density at radius 2 is 2.04 bits per heavy atom. The van der Waals surface area contributed by atoms with Crippen molar-refractivity contribution >= 4 is 28.9 Å². The molecule has 4 rings (SSSR count). The Hall–Kier alpha value is -2.19. The number of hydrogen-bond donors (Lipinski definition) is 1. The van der Waals surface area contributed by atoms with Crippen LogP contribution in [0.15, 0.2) is 29.2 Å². The first-order valence-electron chi connectivity index (χ1n) is 9.52. The normalized spacial score (nSPS) is 20.8. The van der Waals surface area contributed by atoms with Gasteiger partial charge in [0.15, 0.2) is 0 Å². The first kappa shape index (κ1) is 18.2. The van der Waals surface area contributed by atoms with E-state index >= 15 is 0 Å². The van der Waals surface area contributed by atoms with Crippen molar-refractivity contribution in [3.05, 3.63) is 34.8 Å². The van der Waals surface area contributed by atoms with Gasteiger partial charge in [-0.15, -0.1) is 0 Å². The second-order valence-electron chi connectivity index (χ2n) is 7.05. The molecule has 2 aliphatic heterocycles. The summed E-state index contributed by atoms with van der Waals surface area (Å²) in [6.07, 6.45) is 4.60. The lowest BCUT2D eigenvalue weighted by Crippen LogP contribution is -2.35. The van der Waals surface area contributed by atoms with Crippen LogP contribution in [0.25, 0.3) is 0 Å². The molecule has 0 saturated carbocycles. The average molecular weight is 388 g/mol. The Bertz CT molecular complexity index is 769. The van der Waals surface area contributed by atoms with Gasteiger partial charge in [0.2, 0.25) is 0 Å². The molecule has 2 saturated heterocycles. The van der Waals surface area contributed by atoms with Crippen molar-refractivity contribution in [2.75, 3.05) is 49.1 Å². The van der Waals surface area contributed by atoms with Crippen molar-refractivity contribution in [3.63, 3.8) is 0 Å². The van der Waals surface area contributed by atoms with Gasteiger partial charge >= 0.3 is 0 Å². The van der Waals surface area contributed by atoms with E-state index in [2.05, 4.69) is 19.8 Å². The molecule has 2 aromatic heterocycles. The molecule has 0 aromatic carbocycles. The van der Waals surface area contributed by atoms with Crippen molar-refractivity contribution in [3.8, 4) is 0 Å². The molecule has 8 heteroatoms. The zero-order chi connectivity index (χ0) is 18.6. The summed E-state index contributed by atoms with van der Waals surface area (Å²) in [6.45, 7) is 4.16. The van der Waals surface area contributed by atoms with Crippen LogP contribution in [-0.4, -0.2) is 71.3 Å². The number of amides is 1. The molecule has 7 nitrogen and oxygen atoms in total. The smallest absolute Gasteiger partial charge is 0.254 e. The SMILES string of the molecule is O=C(c1ccsc1)N1CCCN(c2cc(N3CCCC3CO)ncn2)CC1. The van der Waals surface area contributed by atoms with E-state index in [0.717, 1.165) is 62.6 Å². The van der Waals surface area contributed by atoms with E-state index in [1.54, 1.807) is 17.7 Å². The van der Waals surface area contributed by atoms with Gasteiger partial charge in [0, 0.05) is 44.2 Å². The molecule has 27 heavy (non-hydrogen) atoms. The van der Waals surface area contributed by atoms with Crippen molar-refractivity contribution in [1.29, 1.82) is 0 Å². The van der Waals surface area contributed by atoms with Crippen LogP contribution in [0.5, 0.6) is 0 Å². The topological polar surface area (TPSA) is 72.8 Å². The van der Waals surface area contributed by atoms with Crippen LogP contribution in [0.2, 0.25) is 0 Å². The summed E-state index contributed by atoms with van der Waals surface area (Å²) in [4.78, 5) is 27.9. The zero-order valence-corrected chi connectivity index (χ0v) is 16.1. The monoisotopic (exact) mass is 387 g/mol. The number of aliphatic hydroxyl groups is 1. The maximum atomic E-state index is 12.6. The van der Waals surface area contributed by atoms with Crippen LogP contribution >= 0.6 is 11.3 Å². The molecule has 1 atom stereocenters. The van der Waals surface area contributed by atoms with E-state index < -0.39 is 0 Å². The van der Waals surface area contributed by atoms with Gasteiger partial charge in [-0.1, -0.05) is 0 Å². The molecule has 0 bridgehead atoms. The summed E-state index contributed by atoms with van der Waals surface area (Å²) < 4.78 is 0. The summed E-state index contributed by atoms with van der Waals surface area (Å²) in [5.74, 6) is 1.89. The number of anilines is 2. The Morgan fingerprint density at radius 3 is 2.85 bits per heavy atom. The molecule has 0 spiro atoms. The highest BCUT2D eigenvalue weighted by molar-refractivity contribution is 7.08. The van der Waals surface area contributed by atoms with E-state index in [1.165, 1.54) is 0 Å². The summed E-state index contributed by atoms with van der Waals surface area (Å²) in [6, 6.07) is 4.06. The van der Waals surface area contributed by atoms with E-state index in [1.807, 2.05) is 27.8 Å². The number of carbonyl (C=O) groups excluding carboxylic acids is 1. The Labute approximate surface area is 163 Å². The number of aromatic nitrogens is 2. The third kappa shape index (κ3) is 3.91. The first-order chi connectivity index (χ1) is 13.3. The molecule has 0 radical (unpaired) electrons. The molecule has 1 N–H and O–H groups in total. The van der Waals surface area contributed by atoms with E-state index in [4.69, 9.17) is 0 Å². The lowest BCUT2D eigenvalue weighted by molar-refractivity contribution is 0.0767. The fourth-order valence-corrected chi connectivity index (χ4v) is 4.54. The van der Waals surface area contributed by atoms with Gasteiger partial charge in [-0.3, -0.25) is 4.79 Å². The number of hydrogen-bond acceptors (Lipinski definition) is 7. The molecule has 1 amide bonds. The van der Waals surface area contributed by atoms with Gasteiger partial charge in [0.25, 0.3) is 5.91 Å². The average Bonchev–Trinajstić information content (AvgIpc) is 3.35. The lowest BCUT2D eigenvalue weighted by atomic mass is 10.2. The predicted molar refractivity (Wildman–Crippen MR) is 107 cm³/mol. The zero-order valence-electron chi connectivity index (χ0n) is 15.3. The Balaban J connectivity index is 1.45. The third-order valence-electron chi connectivity index (χ3n) is 5.40. The van der Waals surface area contributed by atoms with Gasteiger partial charge in [-0.2, -0.15) is 11.3 Å². The fraction of sp³-hybridized carbons (Fsp3) is 0.526. The van der Waals surface area contributed by atoms with Gasteiger partial charge in [0.05, 0.1) is 18.2 Å². The molecule has 0 aliphatic carbocycles. The lowest BCUT2D eigenvalue weighted by Gasteiger charge is -2.26. The minimum atomic E-state index is 0.115. The molecular formula is C19H25N5O2S. The highest BCUT2D eigenvalue weighted by Gasteiger charge is 2.26. The highest BCUT2D eigenvalue weighted by atomic mass is 32.1. The summed E-state index contributed by atoms with van der Waals surface area (Å²) >= 11 is 1.55. The van der Waals surface area contributed by atoms with Crippen molar-refractivity contribution in [1.82, 2.24) is 14.9 Å². The minimum absolute atomic E-state index is 0.115. The number of carbonyl (C=O) groups is 1. The first-order valence-corrected chi connectivity index (χ1v) is 10.5. The summed E-state index contributed by atoms with van der Waals surface area (Å²) in [5, 5.41) is 13.4. The van der Waals surface area contributed by atoms with Crippen LogP contribution in [0.1, 0.15) is 29.6 Å². The largest absolute Gasteiger partial charge is 0.394 e. The Morgan fingerprint density at radius 1 is 1.15 bits per heavy atom. The second kappa shape index (κ2) is 8.22. The summed E-state index contributed by atoms with van der Waals surface area (Å²) in [7, 11) is 0. The van der Waals surface area contributed by atoms with E-state index in [9.17, 15) is 9.90 Å². The maximum Gasteiger partial charge on any atom is 0.254 e. The molecule has 2 aromatic rings. The predicted octanol–water partition coefficient (Wildman–Crippen LogP) is 1.85. The summed E-state index contributed by atoms with van der Waals surface area (Å²) in [5.41, 5.74) is 0.779. The van der Waals surface area contributed by atoms with Crippen molar-refractivity contribution in [2.24, 2.45) is 0 Å². The van der Waals surface area contributed by atoms with Gasteiger partial charge < -0.3 is 19.8 Å². The number of rotatable bonds is 4. The molecule has 1 unspecified atom stereocenters. The fourth-order valence-electron chi connectivity index (χ4n) is 3.91. The molecule has 2 fully saturated rings. The standard InChI is InChI=1S/C19H25N5O2S/c25-12-16-3-1-7-24(16)18-11-17(20-14-21-18)22-5-2-6-23(9-8-22)19(26)15-4-10-27-13-15/h4,10-11,13-14,16,25H,1-3,5-9,12H2. The van der Waals surface area contributed by atoms with E-state index in [-0.39, 0.29) is 18.6 Å². The number of aliphatic hydroxyl groups excluding tert-OH is 1. The maximum absolute atomic E-state index is 12.6. The van der Waals surface area contributed by atoms with Crippen LogP contribution in [0.3, 0.4) is 0 Å². The molecular weight excluding hydrogens is 362 g/mol. The molecule has 2 aliphatic rings. The van der Waals surface area contributed by atoms with Gasteiger partial charge in [0.1, 0.15) is 18.0 Å². The minimum Gasteiger partial charge on any atom is -0.394 e. The third-order valence-corrected chi connectivity index (χ3v) is 6.08. The van der Waals surface area contributed by atoms with Crippen molar-refractivity contribution in [2.45, 2.75) is 25.3 Å². The van der Waals surface area contributed by atoms with E-state index in [0.29, 0.717) is 6.54 Å². The quantitative estimate of drug-likeness (QED) is 0.863.